The summed E-state index contributed by atoms with van der Waals surface area (Å²) in [7, 11) is 0. The summed E-state index contributed by atoms with van der Waals surface area (Å²) in [5, 5.41) is 11.3. The monoisotopic (exact) mass is 246 g/mol. The van der Waals surface area contributed by atoms with Gasteiger partial charge in [0.25, 0.3) is 5.91 Å². The van der Waals surface area contributed by atoms with Gasteiger partial charge in [-0.25, -0.2) is 4.98 Å². The molecule has 0 unspecified atom stereocenters. The van der Waals surface area contributed by atoms with E-state index >= 15 is 0 Å². The van der Waals surface area contributed by atoms with Crippen LogP contribution in [0.3, 0.4) is 0 Å². The van der Waals surface area contributed by atoms with Crippen molar-refractivity contribution in [2.75, 3.05) is 6.54 Å². The normalized spacial score (nSPS) is 9.50. The number of primary amides is 1. The summed E-state index contributed by atoms with van der Waals surface area (Å²) in [6.45, 7) is 0.466. The Morgan fingerprint density at radius 3 is 2.72 bits per heavy atom. The standard InChI is InChI=1S/C12H14N4O2/c13-7-9-4-5-10(16-8-9)12(18)15-6-2-1-3-11(14)17/h4-5,8H,1-3,6H2,(H2,14,17)(H,15,18). The number of nitrogens with zero attached hydrogens (tertiary/aromatic N) is 2. The minimum Gasteiger partial charge on any atom is -0.370 e. The molecule has 0 aliphatic rings. The summed E-state index contributed by atoms with van der Waals surface area (Å²) in [5.41, 5.74) is 5.67. The number of nitriles is 1. The van der Waals surface area contributed by atoms with Crippen LogP contribution >= 0.6 is 0 Å². The molecule has 0 aliphatic heterocycles. The molecule has 1 aromatic rings. The number of carbonyl (C=O) groups excluding carboxylic acids is 2. The van der Waals surface area contributed by atoms with Crippen molar-refractivity contribution >= 4 is 11.8 Å². The van der Waals surface area contributed by atoms with Gasteiger partial charge in [0.2, 0.25) is 5.91 Å². The molecule has 0 fully saturated rings. The van der Waals surface area contributed by atoms with E-state index in [1.807, 2.05) is 6.07 Å². The van der Waals surface area contributed by atoms with E-state index < -0.39 is 0 Å². The topological polar surface area (TPSA) is 109 Å². The number of amides is 2. The van der Waals surface area contributed by atoms with E-state index in [-0.39, 0.29) is 17.5 Å². The molecule has 18 heavy (non-hydrogen) atoms. The molecule has 1 aromatic heterocycles. The fourth-order valence-corrected chi connectivity index (χ4v) is 1.31. The van der Waals surface area contributed by atoms with Crippen molar-refractivity contribution in [1.82, 2.24) is 10.3 Å². The molecule has 6 nitrogen and oxygen atoms in total. The number of nitrogens with one attached hydrogen (secondary N) is 1. The highest BCUT2D eigenvalue weighted by Gasteiger charge is 2.06. The molecule has 0 aromatic carbocycles. The molecule has 1 heterocycles. The molecular formula is C12H14N4O2. The number of pyridine rings is 1. The first-order valence-corrected chi connectivity index (χ1v) is 5.56. The van der Waals surface area contributed by atoms with Gasteiger partial charge in [-0.2, -0.15) is 5.26 Å². The second-order valence-electron chi connectivity index (χ2n) is 3.72. The van der Waals surface area contributed by atoms with Gasteiger partial charge in [-0.05, 0) is 25.0 Å². The summed E-state index contributed by atoms with van der Waals surface area (Å²) in [6.07, 6.45) is 3.01. The third-order valence-electron chi connectivity index (χ3n) is 2.26. The van der Waals surface area contributed by atoms with Gasteiger partial charge in [-0.1, -0.05) is 0 Å². The molecular weight excluding hydrogens is 232 g/mol. The lowest BCUT2D eigenvalue weighted by atomic mass is 10.2. The highest BCUT2D eigenvalue weighted by molar-refractivity contribution is 5.92. The van der Waals surface area contributed by atoms with Crippen LogP contribution in [0.1, 0.15) is 35.3 Å². The Labute approximate surface area is 105 Å². The van der Waals surface area contributed by atoms with Crippen molar-refractivity contribution in [3.05, 3.63) is 29.6 Å². The molecule has 6 heteroatoms. The predicted molar refractivity (Wildman–Crippen MR) is 64.3 cm³/mol. The molecule has 0 radical (unpaired) electrons. The van der Waals surface area contributed by atoms with Crippen molar-refractivity contribution in [3.8, 4) is 6.07 Å². The first-order valence-electron chi connectivity index (χ1n) is 5.56. The zero-order valence-corrected chi connectivity index (χ0v) is 9.85. The van der Waals surface area contributed by atoms with Crippen LogP contribution < -0.4 is 11.1 Å². The molecule has 0 aliphatic carbocycles. The second-order valence-corrected chi connectivity index (χ2v) is 3.72. The summed E-state index contributed by atoms with van der Waals surface area (Å²) < 4.78 is 0. The minimum absolute atomic E-state index is 0.268. The average Bonchev–Trinajstić information content (AvgIpc) is 2.38. The van der Waals surface area contributed by atoms with E-state index in [0.717, 1.165) is 0 Å². The molecule has 3 N–H and O–H groups in total. The highest BCUT2D eigenvalue weighted by atomic mass is 16.2. The minimum atomic E-state index is -0.338. The van der Waals surface area contributed by atoms with E-state index in [1.54, 1.807) is 0 Å². The van der Waals surface area contributed by atoms with E-state index in [2.05, 4.69) is 10.3 Å². The highest BCUT2D eigenvalue weighted by Crippen LogP contribution is 1.99. The summed E-state index contributed by atoms with van der Waals surface area (Å²) in [5.74, 6) is -0.631. The third kappa shape index (κ3) is 4.61. The fourth-order valence-electron chi connectivity index (χ4n) is 1.31. The number of carbonyl (C=O) groups is 2. The number of nitrogens with two attached hydrogens (primary N) is 1. The largest absolute Gasteiger partial charge is 0.370 e. The van der Waals surface area contributed by atoms with E-state index in [4.69, 9.17) is 11.0 Å². The van der Waals surface area contributed by atoms with E-state index in [9.17, 15) is 9.59 Å². The number of hydrogen-bond donors (Lipinski definition) is 2. The van der Waals surface area contributed by atoms with Crippen LogP contribution in [0.2, 0.25) is 0 Å². The van der Waals surface area contributed by atoms with Crippen LogP contribution in [0.5, 0.6) is 0 Å². The second kappa shape index (κ2) is 7.01. The van der Waals surface area contributed by atoms with Gasteiger partial charge in [0, 0.05) is 19.2 Å². The van der Waals surface area contributed by atoms with Crippen molar-refractivity contribution in [3.63, 3.8) is 0 Å². The first kappa shape index (κ1) is 13.6. The molecule has 0 bridgehead atoms. The van der Waals surface area contributed by atoms with Crippen LogP contribution in [-0.2, 0) is 4.79 Å². The van der Waals surface area contributed by atoms with Gasteiger partial charge in [0.1, 0.15) is 11.8 Å². The maximum absolute atomic E-state index is 11.6. The molecule has 0 saturated heterocycles. The maximum atomic E-state index is 11.6. The Morgan fingerprint density at radius 2 is 2.17 bits per heavy atom. The van der Waals surface area contributed by atoms with Crippen LogP contribution in [0.4, 0.5) is 0 Å². The van der Waals surface area contributed by atoms with Gasteiger partial charge < -0.3 is 11.1 Å². The van der Waals surface area contributed by atoms with Crippen molar-refractivity contribution in [2.45, 2.75) is 19.3 Å². The number of rotatable bonds is 6. The van der Waals surface area contributed by atoms with Gasteiger partial charge in [-0.3, -0.25) is 9.59 Å². The van der Waals surface area contributed by atoms with Gasteiger partial charge in [0.05, 0.1) is 5.56 Å². The lowest BCUT2D eigenvalue weighted by molar-refractivity contribution is -0.118. The molecule has 1 rings (SSSR count). The van der Waals surface area contributed by atoms with Crippen LogP contribution in [-0.4, -0.2) is 23.3 Å². The SMILES string of the molecule is N#Cc1ccc(C(=O)NCCCCC(N)=O)nc1. The number of unbranched alkanes of at least 4 members (excludes halogenated alkanes) is 1. The quantitative estimate of drug-likeness (QED) is 0.705. The summed E-state index contributed by atoms with van der Waals surface area (Å²) >= 11 is 0. The predicted octanol–water partition coefficient (Wildman–Crippen LogP) is 0.339. The van der Waals surface area contributed by atoms with Gasteiger partial charge >= 0.3 is 0 Å². The summed E-state index contributed by atoms with van der Waals surface area (Å²) in [6, 6.07) is 4.96. The number of aromatic nitrogens is 1. The third-order valence-corrected chi connectivity index (χ3v) is 2.26. The van der Waals surface area contributed by atoms with Crippen molar-refractivity contribution < 1.29 is 9.59 Å². The van der Waals surface area contributed by atoms with Gasteiger partial charge in [-0.15, -0.1) is 0 Å². The Kier molecular flexibility index (Phi) is 5.32. The molecule has 0 saturated carbocycles. The Balaban J connectivity index is 2.32. The van der Waals surface area contributed by atoms with E-state index in [0.29, 0.717) is 31.4 Å². The Morgan fingerprint density at radius 1 is 1.39 bits per heavy atom. The molecule has 0 atom stereocenters. The average molecular weight is 246 g/mol. The van der Waals surface area contributed by atoms with Crippen LogP contribution in [0, 0.1) is 11.3 Å². The molecule has 0 spiro atoms. The van der Waals surface area contributed by atoms with Crippen LogP contribution in [0.15, 0.2) is 18.3 Å². The lowest BCUT2D eigenvalue weighted by Crippen LogP contribution is -2.25. The van der Waals surface area contributed by atoms with Gasteiger partial charge in [0.15, 0.2) is 0 Å². The van der Waals surface area contributed by atoms with Crippen molar-refractivity contribution in [2.24, 2.45) is 5.73 Å². The fraction of sp³-hybridized carbons (Fsp3) is 0.333. The van der Waals surface area contributed by atoms with E-state index in [1.165, 1.54) is 18.3 Å². The first-order chi connectivity index (χ1) is 8.63. The number of hydrogen-bond acceptors (Lipinski definition) is 4. The Bertz CT molecular complexity index is 462. The van der Waals surface area contributed by atoms with Crippen LogP contribution in [0.25, 0.3) is 0 Å². The zero-order valence-electron chi connectivity index (χ0n) is 9.85. The molecule has 94 valence electrons. The Hall–Kier alpha value is -2.42. The lowest BCUT2D eigenvalue weighted by Gasteiger charge is -2.03. The maximum Gasteiger partial charge on any atom is 0.269 e. The van der Waals surface area contributed by atoms with Crippen molar-refractivity contribution in [1.29, 1.82) is 5.26 Å². The zero-order chi connectivity index (χ0) is 13.4. The smallest absolute Gasteiger partial charge is 0.269 e. The molecule has 2 amide bonds. The summed E-state index contributed by atoms with van der Waals surface area (Å²) in [4.78, 5) is 25.9.